The van der Waals surface area contributed by atoms with Gasteiger partial charge in [0.1, 0.15) is 0 Å². The maximum absolute atomic E-state index is 10.7. The highest BCUT2D eigenvalue weighted by Gasteiger charge is 2.08. The van der Waals surface area contributed by atoms with E-state index in [-0.39, 0.29) is 5.69 Å². The van der Waals surface area contributed by atoms with Crippen molar-refractivity contribution in [2.24, 2.45) is 10.2 Å². The van der Waals surface area contributed by atoms with Gasteiger partial charge in [-0.25, -0.2) is 0 Å². The molecule has 0 unspecified atom stereocenters. The fraction of sp³-hybridized carbons (Fsp3) is 0. The van der Waals surface area contributed by atoms with Crippen LogP contribution in [-0.2, 0) is 0 Å². The molecule has 0 saturated heterocycles. The lowest BCUT2D eigenvalue weighted by Gasteiger charge is -2.09. The van der Waals surface area contributed by atoms with E-state index in [0.717, 1.165) is 11.4 Å². The second-order valence-corrected chi connectivity index (χ2v) is 5.24. The highest BCUT2D eigenvalue weighted by molar-refractivity contribution is 5.75. The van der Waals surface area contributed by atoms with Gasteiger partial charge in [-0.15, -0.1) is 0 Å². The number of benzene rings is 3. The fourth-order valence-corrected chi connectivity index (χ4v) is 2.15. The van der Waals surface area contributed by atoms with Gasteiger partial charge in [-0.2, -0.15) is 10.2 Å². The number of hydrogen-bond acceptors (Lipinski definition) is 6. The second-order valence-electron chi connectivity index (χ2n) is 5.24. The Bertz CT molecular complexity index is 909. The predicted molar refractivity (Wildman–Crippen MR) is 97.9 cm³/mol. The molecule has 7 nitrogen and oxygen atoms in total. The maximum Gasteiger partial charge on any atom is 0.271 e. The number of anilines is 3. The van der Waals surface area contributed by atoms with E-state index < -0.39 is 4.92 Å². The Morgan fingerprint density at radius 1 is 0.880 bits per heavy atom. The molecule has 0 aliphatic rings. The molecule has 0 bridgehead atoms. The number of nitrogen functional groups attached to an aromatic ring is 1. The summed E-state index contributed by atoms with van der Waals surface area (Å²) in [4.78, 5) is 10.3. The van der Waals surface area contributed by atoms with E-state index in [1.807, 2.05) is 54.6 Å². The summed E-state index contributed by atoms with van der Waals surface area (Å²) in [5, 5.41) is 22.2. The molecule has 25 heavy (non-hydrogen) atoms. The number of nitro benzene ring substituents is 1. The van der Waals surface area contributed by atoms with Crippen molar-refractivity contribution in [3.8, 4) is 0 Å². The van der Waals surface area contributed by atoms with Crippen molar-refractivity contribution in [1.29, 1.82) is 0 Å². The third kappa shape index (κ3) is 4.17. The van der Waals surface area contributed by atoms with E-state index in [4.69, 9.17) is 5.73 Å². The van der Waals surface area contributed by atoms with Gasteiger partial charge in [0.2, 0.25) is 0 Å². The number of nitro groups is 1. The van der Waals surface area contributed by atoms with Crippen LogP contribution in [-0.4, -0.2) is 4.92 Å². The zero-order valence-electron chi connectivity index (χ0n) is 13.2. The molecular weight excluding hydrogens is 318 g/mol. The Kier molecular flexibility index (Phi) is 4.66. The van der Waals surface area contributed by atoms with E-state index >= 15 is 0 Å². The van der Waals surface area contributed by atoms with Crippen molar-refractivity contribution < 1.29 is 4.92 Å². The maximum atomic E-state index is 10.7. The van der Waals surface area contributed by atoms with Crippen LogP contribution in [0.15, 0.2) is 83.0 Å². The molecule has 0 aliphatic carbocycles. The van der Waals surface area contributed by atoms with E-state index in [1.54, 1.807) is 6.07 Å². The van der Waals surface area contributed by atoms with E-state index in [1.165, 1.54) is 12.1 Å². The standard InChI is InChI=1S/C18H15N5O2/c19-17-12-16(23(24)25)10-11-18(17)20-13-6-8-15(9-7-13)22-21-14-4-2-1-3-5-14/h1-12,20H,19H2. The molecule has 124 valence electrons. The smallest absolute Gasteiger partial charge is 0.271 e. The van der Waals surface area contributed by atoms with Crippen molar-refractivity contribution in [3.05, 3.63) is 82.9 Å². The number of hydrogen-bond donors (Lipinski definition) is 2. The van der Waals surface area contributed by atoms with E-state index in [0.29, 0.717) is 17.1 Å². The molecule has 0 amide bonds. The van der Waals surface area contributed by atoms with Crippen LogP contribution in [0, 0.1) is 10.1 Å². The molecule has 7 heteroatoms. The molecule has 0 heterocycles. The molecular formula is C18H15N5O2. The van der Waals surface area contributed by atoms with Gasteiger partial charge in [0.05, 0.1) is 27.7 Å². The zero-order chi connectivity index (χ0) is 17.6. The summed E-state index contributed by atoms with van der Waals surface area (Å²) in [7, 11) is 0. The van der Waals surface area contributed by atoms with Gasteiger partial charge in [0.15, 0.2) is 0 Å². The highest BCUT2D eigenvalue weighted by atomic mass is 16.6. The van der Waals surface area contributed by atoms with Crippen LogP contribution in [0.5, 0.6) is 0 Å². The predicted octanol–water partition coefficient (Wildman–Crippen LogP) is 5.34. The van der Waals surface area contributed by atoms with Gasteiger partial charge in [-0.05, 0) is 42.5 Å². The van der Waals surface area contributed by atoms with Crippen LogP contribution < -0.4 is 11.1 Å². The summed E-state index contributed by atoms with van der Waals surface area (Å²) in [5.41, 5.74) is 9.00. The molecule has 0 fully saturated rings. The number of nitrogens with two attached hydrogens (primary N) is 1. The zero-order valence-corrected chi connectivity index (χ0v) is 13.2. The monoisotopic (exact) mass is 333 g/mol. The first-order chi connectivity index (χ1) is 12.1. The summed E-state index contributed by atoms with van der Waals surface area (Å²) >= 11 is 0. The van der Waals surface area contributed by atoms with Crippen LogP contribution in [0.25, 0.3) is 0 Å². The van der Waals surface area contributed by atoms with Gasteiger partial charge >= 0.3 is 0 Å². The lowest BCUT2D eigenvalue weighted by Crippen LogP contribution is -1.97. The van der Waals surface area contributed by atoms with Gasteiger partial charge < -0.3 is 11.1 Å². The van der Waals surface area contributed by atoms with E-state index in [9.17, 15) is 10.1 Å². The lowest BCUT2D eigenvalue weighted by atomic mass is 10.2. The Hall–Kier alpha value is -3.74. The minimum atomic E-state index is -0.479. The number of rotatable bonds is 5. The van der Waals surface area contributed by atoms with Crippen molar-refractivity contribution >= 4 is 34.1 Å². The van der Waals surface area contributed by atoms with Crippen LogP contribution >= 0.6 is 0 Å². The molecule has 0 aromatic heterocycles. The fourth-order valence-electron chi connectivity index (χ4n) is 2.15. The average Bonchev–Trinajstić information content (AvgIpc) is 2.63. The van der Waals surface area contributed by atoms with Crippen molar-refractivity contribution in [2.75, 3.05) is 11.1 Å². The second kappa shape index (κ2) is 7.22. The molecule has 0 atom stereocenters. The summed E-state index contributed by atoms with van der Waals surface area (Å²) in [6, 6.07) is 21.1. The van der Waals surface area contributed by atoms with Gasteiger partial charge in [-0.3, -0.25) is 10.1 Å². The number of nitrogens with zero attached hydrogens (tertiary/aromatic N) is 3. The molecule has 0 spiro atoms. The van der Waals surface area contributed by atoms with Crippen molar-refractivity contribution in [2.45, 2.75) is 0 Å². The topological polar surface area (TPSA) is 106 Å². The van der Waals surface area contributed by atoms with Crippen LogP contribution in [0.3, 0.4) is 0 Å². The first-order valence-corrected chi connectivity index (χ1v) is 7.49. The minimum Gasteiger partial charge on any atom is -0.397 e. The summed E-state index contributed by atoms with van der Waals surface area (Å²) < 4.78 is 0. The normalized spacial score (nSPS) is 10.7. The molecule has 0 saturated carbocycles. The Balaban J connectivity index is 1.71. The molecule has 3 aromatic rings. The average molecular weight is 333 g/mol. The minimum absolute atomic E-state index is 0.0419. The third-order valence-corrected chi connectivity index (χ3v) is 3.43. The van der Waals surface area contributed by atoms with Gasteiger partial charge in [-0.1, -0.05) is 18.2 Å². The first kappa shape index (κ1) is 16.1. The Morgan fingerprint density at radius 3 is 2.12 bits per heavy atom. The SMILES string of the molecule is Nc1cc([N+](=O)[O-])ccc1Nc1ccc(N=Nc2ccccc2)cc1. The van der Waals surface area contributed by atoms with Crippen molar-refractivity contribution in [1.82, 2.24) is 0 Å². The molecule has 3 rings (SSSR count). The Morgan fingerprint density at radius 2 is 1.52 bits per heavy atom. The number of non-ortho nitro benzene ring substituents is 1. The molecule has 0 aliphatic heterocycles. The van der Waals surface area contributed by atoms with Crippen LogP contribution in [0.4, 0.5) is 34.1 Å². The van der Waals surface area contributed by atoms with Crippen LogP contribution in [0.1, 0.15) is 0 Å². The molecule has 3 aromatic carbocycles. The summed E-state index contributed by atoms with van der Waals surface area (Å²) in [6.07, 6.45) is 0. The van der Waals surface area contributed by atoms with Gasteiger partial charge in [0.25, 0.3) is 5.69 Å². The highest BCUT2D eigenvalue weighted by Crippen LogP contribution is 2.28. The number of azo groups is 1. The molecule has 3 N–H and O–H groups in total. The third-order valence-electron chi connectivity index (χ3n) is 3.43. The summed E-state index contributed by atoms with van der Waals surface area (Å²) in [5.74, 6) is 0. The van der Waals surface area contributed by atoms with Crippen LogP contribution in [0.2, 0.25) is 0 Å². The van der Waals surface area contributed by atoms with Gasteiger partial charge in [0, 0.05) is 17.8 Å². The quantitative estimate of drug-likeness (QED) is 0.284. The lowest BCUT2D eigenvalue weighted by molar-refractivity contribution is -0.384. The van der Waals surface area contributed by atoms with E-state index in [2.05, 4.69) is 15.5 Å². The largest absolute Gasteiger partial charge is 0.397 e. The summed E-state index contributed by atoms with van der Waals surface area (Å²) in [6.45, 7) is 0. The molecule has 0 radical (unpaired) electrons. The number of nitrogens with one attached hydrogen (secondary N) is 1. The first-order valence-electron chi connectivity index (χ1n) is 7.49. The van der Waals surface area contributed by atoms with Crippen molar-refractivity contribution in [3.63, 3.8) is 0 Å². The Labute approximate surface area is 144 Å².